The van der Waals surface area contributed by atoms with Crippen LogP contribution in [0.3, 0.4) is 0 Å². The maximum Gasteiger partial charge on any atom is 0.229 e. The van der Waals surface area contributed by atoms with E-state index < -0.39 is 5.41 Å². The number of halogens is 1. The van der Waals surface area contributed by atoms with Crippen molar-refractivity contribution < 1.29 is 10.0 Å². The van der Waals surface area contributed by atoms with Crippen LogP contribution in [-0.4, -0.2) is 22.3 Å². The lowest BCUT2D eigenvalue weighted by atomic mass is 9.95. The Labute approximate surface area is 108 Å². The van der Waals surface area contributed by atoms with Crippen molar-refractivity contribution in [2.45, 2.75) is 20.8 Å². The molecule has 0 aromatic carbocycles. The number of hydrogen-bond donors (Lipinski definition) is 2. The number of pyridine rings is 1. The SMILES string of the molecule is CC(C)(C)C(=O)Nc1cc(/C=N/O)cnc1Br. The minimum absolute atomic E-state index is 0.113. The highest BCUT2D eigenvalue weighted by atomic mass is 79.9. The maximum absolute atomic E-state index is 11.8. The number of nitrogens with one attached hydrogen (secondary N) is 1. The summed E-state index contributed by atoms with van der Waals surface area (Å²) >= 11 is 3.24. The first-order valence-corrected chi connectivity index (χ1v) is 5.78. The van der Waals surface area contributed by atoms with Gasteiger partial charge in [0, 0.05) is 17.2 Å². The first kappa shape index (κ1) is 13.6. The fourth-order valence-electron chi connectivity index (χ4n) is 0.999. The highest BCUT2D eigenvalue weighted by Gasteiger charge is 2.22. The molecule has 92 valence electrons. The summed E-state index contributed by atoms with van der Waals surface area (Å²) < 4.78 is 0.533. The molecule has 5 nitrogen and oxygen atoms in total. The van der Waals surface area contributed by atoms with Gasteiger partial charge in [0.1, 0.15) is 4.60 Å². The van der Waals surface area contributed by atoms with Crippen LogP contribution in [0.1, 0.15) is 26.3 Å². The molecule has 0 bridgehead atoms. The molecule has 1 amide bonds. The smallest absolute Gasteiger partial charge is 0.229 e. The predicted octanol–water partition coefficient (Wildman–Crippen LogP) is 2.64. The lowest BCUT2D eigenvalue weighted by molar-refractivity contribution is -0.123. The van der Waals surface area contributed by atoms with Crippen molar-refractivity contribution in [3.63, 3.8) is 0 Å². The third-order valence-electron chi connectivity index (χ3n) is 2.00. The standard InChI is InChI=1S/C11H14BrN3O2/c1-11(2,3)10(16)15-8-4-7(6-14-17)5-13-9(8)12/h4-6,17H,1-3H3,(H,15,16)/b14-6+. The molecule has 2 N–H and O–H groups in total. The average molecular weight is 300 g/mol. The van der Waals surface area contributed by atoms with Gasteiger partial charge in [0.15, 0.2) is 0 Å². The first-order valence-electron chi connectivity index (χ1n) is 4.99. The van der Waals surface area contributed by atoms with Gasteiger partial charge in [0.2, 0.25) is 5.91 Å². The second kappa shape index (κ2) is 5.27. The number of carbonyl (C=O) groups excluding carboxylic acids is 1. The largest absolute Gasteiger partial charge is 0.411 e. The van der Waals surface area contributed by atoms with Crippen LogP contribution < -0.4 is 5.32 Å². The van der Waals surface area contributed by atoms with E-state index in [0.29, 0.717) is 15.9 Å². The van der Waals surface area contributed by atoms with E-state index in [4.69, 9.17) is 5.21 Å². The van der Waals surface area contributed by atoms with E-state index in [1.807, 2.05) is 20.8 Å². The molecule has 17 heavy (non-hydrogen) atoms. The van der Waals surface area contributed by atoms with E-state index in [-0.39, 0.29) is 5.91 Å². The molecule has 1 aromatic heterocycles. The Balaban J connectivity index is 2.98. The van der Waals surface area contributed by atoms with E-state index in [1.165, 1.54) is 12.4 Å². The second-order valence-corrected chi connectivity index (χ2v) is 5.31. The summed E-state index contributed by atoms with van der Waals surface area (Å²) in [4.78, 5) is 15.8. The minimum atomic E-state index is -0.486. The van der Waals surface area contributed by atoms with E-state index in [1.54, 1.807) is 6.07 Å². The Morgan fingerprint density at radius 1 is 1.59 bits per heavy atom. The Kier molecular flexibility index (Phi) is 4.22. The van der Waals surface area contributed by atoms with Crippen LogP contribution in [-0.2, 0) is 4.79 Å². The summed E-state index contributed by atoms with van der Waals surface area (Å²) in [6, 6.07) is 1.67. The zero-order valence-electron chi connectivity index (χ0n) is 9.86. The molecular formula is C11H14BrN3O2. The molecule has 0 saturated heterocycles. The predicted molar refractivity (Wildman–Crippen MR) is 69.4 cm³/mol. The fourth-order valence-corrected chi connectivity index (χ4v) is 1.31. The Morgan fingerprint density at radius 3 is 2.76 bits per heavy atom. The van der Waals surface area contributed by atoms with Crippen LogP contribution in [0.4, 0.5) is 5.69 Å². The molecule has 1 rings (SSSR count). The molecule has 0 radical (unpaired) electrons. The fraction of sp³-hybridized carbons (Fsp3) is 0.364. The number of rotatable bonds is 2. The number of amides is 1. The van der Waals surface area contributed by atoms with Gasteiger partial charge in [-0.1, -0.05) is 25.9 Å². The van der Waals surface area contributed by atoms with Gasteiger partial charge in [0.25, 0.3) is 0 Å². The van der Waals surface area contributed by atoms with Crippen molar-refractivity contribution in [2.24, 2.45) is 10.6 Å². The maximum atomic E-state index is 11.8. The molecule has 0 aliphatic heterocycles. The minimum Gasteiger partial charge on any atom is -0.411 e. The highest BCUT2D eigenvalue weighted by Crippen LogP contribution is 2.23. The zero-order valence-corrected chi connectivity index (χ0v) is 11.4. The molecule has 0 unspecified atom stereocenters. The molecule has 0 aliphatic rings. The van der Waals surface area contributed by atoms with Crippen molar-refractivity contribution >= 4 is 33.7 Å². The molecule has 1 aromatic rings. The Hall–Kier alpha value is -1.43. The van der Waals surface area contributed by atoms with Gasteiger partial charge >= 0.3 is 0 Å². The van der Waals surface area contributed by atoms with Crippen molar-refractivity contribution in [1.29, 1.82) is 0 Å². The van der Waals surface area contributed by atoms with Gasteiger partial charge in [0.05, 0.1) is 11.9 Å². The molecule has 0 aliphatic carbocycles. The van der Waals surface area contributed by atoms with Crippen LogP contribution in [0.5, 0.6) is 0 Å². The van der Waals surface area contributed by atoms with Crippen molar-refractivity contribution in [1.82, 2.24) is 4.98 Å². The summed E-state index contributed by atoms with van der Waals surface area (Å²) in [6.45, 7) is 5.47. The van der Waals surface area contributed by atoms with Crippen LogP contribution in [0.25, 0.3) is 0 Å². The van der Waals surface area contributed by atoms with Gasteiger partial charge < -0.3 is 10.5 Å². The van der Waals surface area contributed by atoms with Crippen molar-refractivity contribution in [3.05, 3.63) is 22.4 Å². The second-order valence-electron chi connectivity index (χ2n) is 4.56. The first-order chi connectivity index (χ1) is 7.84. The van der Waals surface area contributed by atoms with Gasteiger partial charge in [-0.25, -0.2) is 4.98 Å². The summed E-state index contributed by atoms with van der Waals surface area (Å²) in [6.07, 6.45) is 2.77. The summed E-state index contributed by atoms with van der Waals surface area (Å²) in [5.74, 6) is -0.113. The van der Waals surface area contributed by atoms with Crippen LogP contribution >= 0.6 is 15.9 Å². The van der Waals surface area contributed by atoms with Gasteiger partial charge in [-0.05, 0) is 22.0 Å². The van der Waals surface area contributed by atoms with E-state index in [2.05, 4.69) is 31.4 Å². The van der Waals surface area contributed by atoms with Crippen LogP contribution in [0.15, 0.2) is 22.0 Å². The van der Waals surface area contributed by atoms with Crippen molar-refractivity contribution in [3.8, 4) is 0 Å². The number of carbonyl (C=O) groups is 1. The molecule has 6 heteroatoms. The zero-order chi connectivity index (χ0) is 13.1. The number of nitrogens with zero attached hydrogens (tertiary/aromatic N) is 2. The number of anilines is 1. The van der Waals surface area contributed by atoms with Crippen LogP contribution in [0.2, 0.25) is 0 Å². The summed E-state index contributed by atoms with van der Waals surface area (Å²) in [5.41, 5.74) is 0.655. The average Bonchev–Trinajstić information content (AvgIpc) is 2.22. The molecule has 0 spiro atoms. The topological polar surface area (TPSA) is 74.6 Å². The summed E-state index contributed by atoms with van der Waals surface area (Å²) in [7, 11) is 0. The van der Waals surface area contributed by atoms with Gasteiger partial charge in [-0.3, -0.25) is 4.79 Å². The highest BCUT2D eigenvalue weighted by molar-refractivity contribution is 9.10. The number of oxime groups is 1. The summed E-state index contributed by atoms with van der Waals surface area (Å²) in [5, 5.41) is 14.1. The number of aromatic nitrogens is 1. The molecule has 0 fully saturated rings. The number of hydrogen-bond acceptors (Lipinski definition) is 4. The molecular weight excluding hydrogens is 286 g/mol. The normalized spacial score (nSPS) is 11.8. The van der Waals surface area contributed by atoms with Crippen molar-refractivity contribution in [2.75, 3.05) is 5.32 Å². The van der Waals surface area contributed by atoms with E-state index in [0.717, 1.165) is 0 Å². The molecule has 0 saturated carbocycles. The third kappa shape index (κ3) is 3.81. The van der Waals surface area contributed by atoms with Gasteiger partial charge in [-0.2, -0.15) is 0 Å². The molecule has 1 heterocycles. The Bertz CT molecular complexity index is 453. The van der Waals surface area contributed by atoms with E-state index in [9.17, 15) is 4.79 Å². The quantitative estimate of drug-likeness (QED) is 0.381. The lowest BCUT2D eigenvalue weighted by Gasteiger charge is -2.18. The molecule has 0 atom stereocenters. The van der Waals surface area contributed by atoms with Gasteiger partial charge in [-0.15, -0.1) is 0 Å². The van der Waals surface area contributed by atoms with E-state index >= 15 is 0 Å². The third-order valence-corrected chi connectivity index (χ3v) is 2.63. The van der Waals surface area contributed by atoms with Crippen LogP contribution in [0, 0.1) is 5.41 Å². The Morgan fingerprint density at radius 2 is 2.24 bits per heavy atom. The lowest BCUT2D eigenvalue weighted by Crippen LogP contribution is -2.27. The monoisotopic (exact) mass is 299 g/mol.